The molecule has 1 N–H and O–H groups in total. The Labute approximate surface area is 122 Å². The van der Waals surface area contributed by atoms with Crippen molar-refractivity contribution in [1.29, 1.82) is 0 Å². The highest BCUT2D eigenvalue weighted by molar-refractivity contribution is 5.70. The van der Waals surface area contributed by atoms with E-state index < -0.39 is 0 Å². The Hall–Kier alpha value is -1.61. The molecule has 20 heavy (non-hydrogen) atoms. The summed E-state index contributed by atoms with van der Waals surface area (Å²) in [6, 6.07) is 10.3. The van der Waals surface area contributed by atoms with Crippen molar-refractivity contribution in [2.45, 2.75) is 38.6 Å². The number of hydrogen-bond acceptors (Lipinski definition) is 3. The van der Waals surface area contributed by atoms with Gasteiger partial charge in [0.05, 0.1) is 6.42 Å². The van der Waals surface area contributed by atoms with Crippen molar-refractivity contribution in [3.8, 4) is 0 Å². The third kappa shape index (κ3) is 7.10. The van der Waals surface area contributed by atoms with E-state index in [0.29, 0.717) is 6.42 Å². The molecule has 0 radical (unpaired) electrons. The molecule has 0 bridgehead atoms. The van der Waals surface area contributed by atoms with Gasteiger partial charge in [-0.1, -0.05) is 56.3 Å². The van der Waals surface area contributed by atoms with Gasteiger partial charge in [0, 0.05) is 6.04 Å². The smallest absolute Gasteiger partial charge is 0.307 e. The second-order valence-corrected chi connectivity index (χ2v) is 4.87. The van der Waals surface area contributed by atoms with E-state index in [1.165, 1.54) is 5.56 Å². The van der Waals surface area contributed by atoms with Gasteiger partial charge >= 0.3 is 5.97 Å². The summed E-state index contributed by atoms with van der Waals surface area (Å²) in [5, 5.41) is 3.45. The SMILES string of the molecule is C=CCOC(=O)CC(Cc1ccccc1)NCCCC. The van der Waals surface area contributed by atoms with E-state index in [2.05, 4.69) is 31.0 Å². The van der Waals surface area contributed by atoms with Crippen molar-refractivity contribution in [3.63, 3.8) is 0 Å². The summed E-state index contributed by atoms with van der Waals surface area (Å²) in [6.07, 6.45) is 5.09. The molecule has 1 rings (SSSR count). The molecule has 110 valence electrons. The van der Waals surface area contributed by atoms with Crippen LogP contribution in [-0.2, 0) is 16.0 Å². The molecule has 3 heteroatoms. The van der Waals surface area contributed by atoms with E-state index in [0.717, 1.165) is 25.8 Å². The minimum atomic E-state index is -0.171. The predicted molar refractivity (Wildman–Crippen MR) is 82.6 cm³/mol. The number of unbranched alkanes of at least 4 members (excludes halogenated alkanes) is 1. The van der Waals surface area contributed by atoms with Crippen LogP contribution in [0.4, 0.5) is 0 Å². The number of carbonyl (C=O) groups is 1. The quantitative estimate of drug-likeness (QED) is 0.405. The van der Waals surface area contributed by atoms with Crippen LogP contribution in [0.5, 0.6) is 0 Å². The molecule has 3 nitrogen and oxygen atoms in total. The van der Waals surface area contributed by atoms with Crippen molar-refractivity contribution < 1.29 is 9.53 Å². The maximum Gasteiger partial charge on any atom is 0.307 e. The van der Waals surface area contributed by atoms with Crippen molar-refractivity contribution in [3.05, 3.63) is 48.6 Å². The van der Waals surface area contributed by atoms with Gasteiger partial charge in [0.2, 0.25) is 0 Å². The number of benzene rings is 1. The Morgan fingerprint density at radius 2 is 2.15 bits per heavy atom. The van der Waals surface area contributed by atoms with Gasteiger partial charge in [0.15, 0.2) is 0 Å². The van der Waals surface area contributed by atoms with Crippen LogP contribution in [0.15, 0.2) is 43.0 Å². The summed E-state index contributed by atoms with van der Waals surface area (Å²) < 4.78 is 5.07. The molecule has 0 heterocycles. The van der Waals surface area contributed by atoms with Crippen LogP contribution in [0.1, 0.15) is 31.7 Å². The van der Waals surface area contributed by atoms with Crippen LogP contribution in [-0.4, -0.2) is 25.2 Å². The third-order valence-electron chi connectivity index (χ3n) is 3.06. The van der Waals surface area contributed by atoms with Crippen molar-refractivity contribution in [1.82, 2.24) is 5.32 Å². The number of ether oxygens (including phenoxy) is 1. The first-order chi connectivity index (χ1) is 9.76. The zero-order chi connectivity index (χ0) is 14.6. The summed E-state index contributed by atoms with van der Waals surface area (Å²) in [4.78, 5) is 11.7. The normalized spacial score (nSPS) is 11.8. The van der Waals surface area contributed by atoms with Gasteiger partial charge in [-0.2, -0.15) is 0 Å². The summed E-state index contributed by atoms with van der Waals surface area (Å²) >= 11 is 0. The zero-order valence-electron chi connectivity index (χ0n) is 12.3. The lowest BCUT2D eigenvalue weighted by atomic mass is 10.0. The first-order valence-electron chi connectivity index (χ1n) is 7.30. The molecule has 0 aliphatic carbocycles. The molecule has 0 aliphatic rings. The van der Waals surface area contributed by atoms with Gasteiger partial charge in [-0.3, -0.25) is 4.79 Å². The Morgan fingerprint density at radius 3 is 2.80 bits per heavy atom. The van der Waals surface area contributed by atoms with Gasteiger partial charge < -0.3 is 10.1 Å². The van der Waals surface area contributed by atoms with Gasteiger partial charge in [-0.05, 0) is 24.9 Å². The molecule has 0 saturated carbocycles. The lowest BCUT2D eigenvalue weighted by molar-refractivity contribution is -0.142. The molecule has 1 atom stereocenters. The highest BCUT2D eigenvalue weighted by atomic mass is 16.5. The highest BCUT2D eigenvalue weighted by Gasteiger charge is 2.14. The summed E-state index contributed by atoms with van der Waals surface area (Å²) in [5.41, 5.74) is 1.23. The lowest BCUT2D eigenvalue weighted by Crippen LogP contribution is -2.34. The lowest BCUT2D eigenvalue weighted by Gasteiger charge is -2.18. The molecule has 0 spiro atoms. The van der Waals surface area contributed by atoms with Gasteiger partial charge in [-0.25, -0.2) is 0 Å². The zero-order valence-corrected chi connectivity index (χ0v) is 12.3. The first-order valence-corrected chi connectivity index (χ1v) is 7.30. The Morgan fingerprint density at radius 1 is 1.40 bits per heavy atom. The monoisotopic (exact) mass is 275 g/mol. The van der Waals surface area contributed by atoms with Crippen LogP contribution in [0.2, 0.25) is 0 Å². The fourth-order valence-electron chi connectivity index (χ4n) is 2.01. The molecule has 1 aromatic rings. The number of esters is 1. The number of rotatable bonds is 10. The molecule has 0 fully saturated rings. The minimum absolute atomic E-state index is 0.126. The average Bonchev–Trinajstić information content (AvgIpc) is 2.46. The Bertz CT molecular complexity index is 389. The molecule has 1 aromatic carbocycles. The Kier molecular flexibility index (Phi) is 8.40. The van der Waals surface area contributed by atoms with E-state index in [1.54, 1.807) is 6.08 Å². The maximum atomic E-state index is 11.7. The second-order valence-electron chi connectivity index (χ2n) is 4.87. The topological polar surface area (TPSA) is 38.3 Å². The van der Waals surface area contributed by atoms with Crippen LogP contribution < -0.4 is 5.32 Å². The van der Waals surface area contributed by atoms with E-state index in [1.807, 2.05) is 18.2 Å². The van der Waals surface area contributed by atoms with E-state index in [9.17, 15) is 4.79 Å². The Balaban J connectivity index is 2.50. The number of hydrogen-bond donors (Lipinski definition) is 1. The van der Waals surface area contributed by atoms with Gasteiger partial charge in [-0.15, -0.1) is 0 Å². The molecule has 0 aromatic heterocycles. The molecule has 0 amide bonds. The van der Waals surface area contributed by atoms with Crippen molar-refractivity contribution in [2.24, 2.45) is 0 Å². The minimum Gasteiger partial charge on any atom is -0.461 e. The van der Waals surface area contributed by atoms with E-state index in [4.69, 9.17) is 4.74 Å². The molecule has 1 unspecified atom stereocenters. The fourth-order valence-corrected chi connectivity index (χ4v) is 2.01. The number of nitrogens with one attached hydrogen (secondary N) is 1. The summed E-state index contributed by atoms with van der Waals surface area (Å²) in [7, 11) is 0. The largest absolute Gasteiger partial charge is 0.461 e. The third-order valence-corrected chi connectivity index (χ3v) is 3.06. The first kappa shape index (κ1) is 16.4. The number of carbonyl (C=O) groups excluding carboxylic acids is 1. The molecule has 0 saturated heterocycles. The van der Waals surface area contributed by atoms with Crippen molar-refractivity contribution in [2.75, 3.05) is 13.2 Å². The van der Waals surface area contributed by atoms with Crippen LogP contribution in [0.25, 0.3) is 0 Å². The summed E-state index contributed by atoms with van der Waals surface area (Å²) in [6.45, 7) is 6.92. The van der Waals surface area contributed by atoms with Crippen molar-refractivity contribution >= 4 is 5.97 Å². The average molecular weight is 275 g/mol. The highest BCUT2D eigenvalue weighted by Crippen LogP contribution is 2.07. The fraction of sp³-hybridized carbons (Fsp3) is 0.471. The van der Waals surface area contributed by atoms with Gasteiger partial charge in [0.1, 0.15) is 6.61 Å². The standard InChI is InChI=1S/C17H25NO2/c1-3-5-11-18-16(14-17(19)20-12-4-2)13-15-9-7-6-8-10-15/h4,6-10,16,18H,2-3,5,11-14H2,1H3. The van der Waals surface area contributed by atoms with Crippen LogP contribution in [0.3, 0.4) is 0 Å². The molecular formula is C17H25NO2. The van der Waals surface area contributed by atoms with E-state index >= 15 is 0 Å². The van der Waals surface area contributed by atoms with Gasteiger partial charge in [0.25, 0.3) is 0 Å². The molecule has 0 aliphatic heterocycles. The van der Waals surface area contributed by atoms with Crippen LogP contribution in [0, 0.1) is 0 Å². The molecular weight excluding hydrogens is 250 g/mol. The predicted octanol–water partition coefficient (Wildman–Crippen LogP) is 3.11. The summed E-state index contributed by atoms with van der Waals surface area (Å²) in [5.74, 6) is -0.171. The second kappa shape index (κ2) is 10.2. The maximum absolute atomic E-state index is 11.7. The van der Waals surface area contributed by atoms with E-state index in [-0.39, 0.29) is 18.6 Å². The van der Waals surface area contributed by atoms with Crippen LogP contribution >= 0.6 is 0 Å².